The predicted octanol–water partition coefficient (Wildman–Crippen LogP) is 11.0. The van der Waals surface area contributed by atoms with Crippen LogP contribution in [0.5, 0.6) is 0 Å². The highest BCUT2D eigenvalue weighted by Crippen LogP contribution is 2.56. The first-order chi connectivity index (χ1) is 22.6. The number of benzene rings is 7. The van der Waals surface area contributed by atoms with Gasteiger partial charge in [0.25, 0.3) is 0 Å². The molecule has 46 heavy (non-hydrogen) atoms. The van der Waals surface area contributed by atoms with Crippen molar-refractivity contribution >= 4 is 54.3 Å². The summed E-state index contributed by atoms with van der Waals surface area (Å²) in [4.78, 5) is 10.8. The van der Waals surface area contributed by atoms with Crippen LogP contribution < -0.4 is 0 Å². The molecular formula is C43H29N3. The summed E-state index contributed by atoms with van der Waals surface area (Å²) in [7, 11) is 0. The Morgan fingerprint density at radius 3 is 2.11 bits per heavy atom. The van der Waals surface area contributed by atoms with Crippen LogP contribution >= 0.6 is 0 Å². The fourth-order valence-electron chi connectivity index (χ4n) is 8.14. The number of para-hydroxylation sites is 2. The lowest BCUT2D eigenvalue weighted by molar-refractivity contribution is 0.666. The Bertz CT molecular complexity index is 2730. The SMILES string of the molecule is CC1(C)c2ccccc2-c2c1c1ccccc1c1c3ccccc3n(-c3nc(-c4ccc5ccccc5c4)c4ccccc4n3)c21. The third-order valence-corrected chi connectivity index (χ3v) is 10.1. The van der Waals surface area contributed by atoms with Gasteiger partial charge in [0, 0.05) is 32.7 Å². The lowest BCUT2D eigenvalue weighted by Gasteiger charge is -2.23. The van der Waals surface area contributed by atoms with Crippen LogP contribution in [0.4, 0.5) is 0 Å². The van der Waals surface area contributed by atoms with Gasteiger partial charge in [-0.2, -0.15) is 0 Å². The van der Waals surface area contributed by atoms with Gasteiger partial charge in [-0.1, -0.05) is 135 Å². The molecule has 0 saturated heterocycles. The maximum absolute atomic E-state index is 5.47. The summed E-state index contributed by atoms with van der Waals surface area (Å²) < 4.78 is 2.34. The molecule has 0 fully saturated rings. The van der Waals surface area contributed by atoms with E-state index in [4.69, 9.17) is 9.97 Å². The topological polar surface area (TPSA) is 30.7 Å². The molecule has 10 rings (SSSR count). The van der Waals surface area contributed by atoms with E-state index in [2.05, 4.69) is 158 Å². The van der Waals surface area contributed by atoms with Crippen LogP contribution in [-0.2, 0) is 5.41 Å². The molecule has 0 spiro atoms. The maximum Gasteiger partial charge on any atom is 0.235 e. The Morgan fingerprint density at radius 1 is 0.565 bits per heavy atom. The quantitative estimate of drug-likeness (QED) is 0.201. The van der Waals surface area contributed by atoms with E-state index in [-0.39, 0.29) is 5.41 Å². The third kappa shape index (κ3) is 3.32. The molecule has 2 heterocycles. The second-order valence-corrected chi connectivity index (χ2v) is 13.0. The largest absolute Gasteiger partial charge is 0.277 e. The molecule has 0 radical (unpaired) electrons. The van der Waals surface area contributed by atoms with Gasteiger partial charge in [-0.3, -0.25) is 4.57 Å². The minimum Gasteiger partial charge on any atom is -0.277 e. The molecule has 0 atom stereocenters. The van der Waals surface area contributed by atoms with Crippen LogP contribution in [0.1, 0.15) is 25.0 Å². The lowest BCUT2D eigenvalue weighted by atomic mass is 9.79. The molecule has 7 aromatic carbocycles. The first-order valence-corrected chi connectivity index (χ1v) is 15.9. The van der Waals surface area contributed by atoms with Crippen LogP contribution in [0.2, 0.25) is 0 Å². The molecule has 216 valence electrons. The number of rotatable bonds is 2. The molecule has 0 unspecified atom stereocenters. The molecule has 0 amide bonds. The molecule has 0 saturated carbocycles. The molecule has 0 aliphatic heterocycles. The second kappa shape index (κ2) is 9.12. The first kappa shape index (κ1) is 25.5. The zero-order valence-corrected chi connectivity index (χ0v) is 25.6. The molecule has 2 aromatic heterocycles. The zero-order chi connectivity index (χ0) is 30.6. The average molecular weight is 588 g/mol. The summed E-state index contributed by atoms with van der Waals surface area (Å²) in [6, 6.07) is 50.2. The van der Waals surface area contributed by atoms with Crippen molar-refractivity contribution in [3.05, 3.63) is 151 Å². The Balaban J connectivity index is 1.40. The second-order valence-electron chi connectivity index (χ2n) is 13.0. The monoisotopic (exact) mass is 587 g/mol. The van der Waals surface area contributed by atoms with E-state index >= 15 is 0 Å². The van der Waals surface area contributed by atoms with E-state index in [1.165, 1.54) is 60.1 Å². The summed E-state index contributed by atoms with van der Waals surface area (Å²) in [5, 5.41) is 8.50. The Hall–Kier alpha value is -5.80. The fourth-order valence-corrected chi connectivity index (χ4v) is 8.14. The van der Waals surface area contributed by atoms with E-state index in [0.717, 1.165) is 27.7 Å². The van der Waals surface area contributed by atoms with Crippen LogP contribution in [0.3, 0.4) is 0 Å². The van der Waals surface area contributed by atoms with Crippen LogP contribution in [0.25, 0.3) is 82.6 Å². The van der Waals surface area contributed by atoms with Gasteiger partial charge in [0.15, 0.2) is 0 Å². The molecule has 3 heteroatoms. The van der Waals surface area contributed by atoms with E-state index in [9.17, 15) is 0 Å². The summed E-state index contributed by atoms with van der Waals surface area (Å²) in [5.74, 6) is 0.688. The summed E-state index contributed by atoms with van der Waals surface area (Å²) in [6.07, 6.45) is 0. The van der Waals surface area contributed by atoms with Gasteiger partial charge in [-0.05, 0) is 56.4 Å². The number of hydrogen-bond donors (Lipinski definition) is 0. The van der Waals surface area contributed by atoms with E-state index in [1.54, 1.807) is 0 Å². The van der Waals surface area contributed by atoms with Crippen molar-refractivity contribution < 1.29 is 0 Å². The fraction of sp³-hybridized carbons (Fsp3) is 0.0698. The number of nitrogens with zero attached hydrogens (tertiary/aromatic N) is 3. The molecule has 3 nitrogen and oxygen atoms in total. The smallest absolute Gasteiger partial charge is 0.235 e. The Labute approximate surface area is 266 Å². The Kier molecular flexibility index (Phi) is 5.06. The summed E-state index contributed by atoms with van der Waals surface area (Å²) in [6.45, 7) is 4.74. The van der Waals surface area contributed by atoms with Crippen molar-refractivity contribution in [2.75, 3.05) is 0 Å². The zero-order valence-electron chi connectivity index (χ0n) is 25.6. The highest BCUT2D eigenvalue weighted by atomic mass is 15.2. The standard InChI is InChI=1S/C43H29N3/c1-43(2)34-20-10-7-17-31(34)38-39(43)30-16-6-5-15-29(30)37-33-19-9-12-22-36(33)46(41(37)38)42-44-35-21-11-8-18-32(35)40(45-42)28-24-23-26-13-3-4-14-27(26)25-28/h3-25H,1-2H3. The minimum absolute atomic E-state index is 0.165. The van der Waals surface area contributed by atoms with Crippen molar-refractivity contribution in [2.45, 2.75) is 19.3 Å². The van der Waals surface area contributed by atoms with Crippen LogP contribution in [-0.4, -0.2) is 14.5 Å². The van der Waals surface area contributed by atoms with E-state index < -0.39 is 0 Å². The number of aromatic nitrogens is 3. The molecule has 9 aromatic rings. The maximum atomic E-state index is 5.47. The first-order valence-electron chi connectivity index (χ1n) is 15.9. The molecule has 1 aliphatic rings. The summed E-state index contributed by atoms with van der Waals surface area (Å²) >= 11 is 0. The van der Waals surface area contributed by atoms with Gasteiger partial charge in [0.1, 0.15) is 0 Å². The van der Waals surface area contributed by atoms with Gasteiger partial charge in [0.2, 0.25) is 5.95 Å². The van der Waals surface area contributed by atoms with E-state index in [0.29, 0.717) is 5.95 Å². The van der Waals surface area contributed by atoms with Gasteiger partial charge in [0.05, 0.1) is 22.2 Å². The van der Waals surface area contributed by atoms with Crippen molar-refractivity contribution in [1.82, 2.24) is 14.5 Å². The van der Waals surface area contributed by atoms with E-state index in [1.807, 2.05) is 0 Å². The van der Waals surface area contributed by atoms with Crippen molar-refractivity contribution in [1.29, 1.82) is 0 Å². The van der Waals surface area contributed by atoms with Gasteiger partial charge in [-0.25, -0.2) is 9.97 Å². The summed E-state index contributed by atoms with van der Waals surface area (Å²) in [5.41, 5.74) is 10.4. The Morgan fingerprint density at radius 2 is 1.24 bits per heavy atom. The van der Waals surface area contributed by atoms with Gasteiger partial charge >= 0.3 is 0 Å². The molecule has 1 aliphatic carbocycles. The molecule has 0 N–H and O–H groups in total. The van der Waals surface area contributed by atoms with Crippen molar-refractivity contribution in [3.8, 4) is 28.3 Å². The van der Waals surface area contributed by atoms with Crippen molar-refractivity contribution in [3.63, 3.8) is 0 Å². The third-order valence-electron chi connectivity index (χ3n) is 10.1. The number of fused-ring (bicyclic) bond motifs is 12. The minimum atomic E-state index is -0.165. The highest BCUT2D eigenvalue weighted by molar-refractivity contribution is 6.27. The lowest BCUT2D eigenvalue weighted by Crippen LogP contribution is -2.15. The molecule has 0 bridgehead atoms. The van der Waals surface area contributed by atoms with Gasteiger partial charge in [-0.15, -0.1) is 0 Å². The molecular weight excluding hydrogens is 558 g/mol. The predicted molar refractivity (Wildman–Crippen MR) is 192 cm³/mol. The number of hydrogen-bond acceptors (Lipinski definition) is 2. The average Bonchev–Trinajstić information content (AvgIpc) is 3.57. The van der Waals surface area contributed by atoms with Crippen LogP contribution in [0, 0.1) is 0 Å². The highest BCUT2D eigenvalue weighted by Gasteiger charge is 2.39. The van der Waals surface area contributed by atoms with Crippen LogP contribution in [0.15, 0.2) is 140 Å². The van der Waals surface area contributed by atoms with Gasteiger partial charge < -0.3 is 0 Å². The van der Waals surface area contributed by atoms with Crippen molar-refractivity contribution in [2.24, 2.45) is 0 Å². The normalized spacial score (nSPS) is 13.6.